The molecule has 2 fully saturated rings. The second kappa shape index (κ2) is 2.99. The molecule has 0 heterocycles. The van der Waals surface area contributed by atoms with Crippen molar-refractivity contribution in [3.63, 3.8) is 0 Å². The number of alkyl halides is 8. The second-order valence-corrected chi connectivity index (χ2v) is 6.21. The Morgan fingerprint density at radius 1 is 0.842 bits per heavy atom. The quantitative estimate of drug-likeness (QED) is 0.456. The summed E-state index contributed by atoms with van der Waals surface area (Å²) in [5.74, 6) is -5.44. The molecule has 0 unspecified atom stereocenters. The van der Waals surface area contributed by atoms with Crippen LogP contribution in [0.3, 0.4) is 0 Å². The van der Waals surface area contributed by atoms with E-state index >= 15 is 0 Å². The van der Waals surface area contributed by atoms with Crippen molar-refractivity contribution < 1.29 is 30.7 Å². The predicted molar refractivity (Wildman–Crippen MR) is 53.6 cm³/mol. The van der Waals surface area contributed by atoms with Gasteiger partial charge in [0.2, 0.25) is 17.0 Å². The molecule has 3 aliphatic carbocycles. The molecule has 0 amide bonds. The first-order valence-corrected chi connectivity index (χ1v) is 6.11. The molecule has 0 aromatic heterocycles. The monoisotopic (exact) mass is 348 g/mol. The first-order chi connectivity index (χ1) is 8.38. The summed E-state index contributed by atoms with van der Waals surface area (Å²) in [6.45, 7) is 0. The highest BCUT2D eigenvalue weighted by atomic mass is 35.5. The van der Waals surface area contributed by atoms with Crippen LogP contribution in [0.5, 0.6) is 0 Å². The summed E-state index contributed by atoms with van der Waals surface area (Å²) in [5.41, 5.74) is -17.3. The van der Waals surface area contributed by atoms with E-state index in [9.17, 15) is 30.7 Å². The maximum atomic E-state index is 14.4. The average Bonchev–Trinajstić information content (AvgIpc) is 2.74. The van der Waals surface area contributed by atoms with Crippen LogP contribution in [0.1, 0.15) is 0 Å². The number of halogens is 10. The highest BCUT2D eigenvalue weighted by Gasteiger charge is 3.10. The minimum Gasteiger partial charge on any atom is -0.234 e. The van der Waals surface area contributed by atoms with E-state index in [1.54, 1.807) is 0 Å². The number of hydrogen-bond acceptors (Lipinski definition) is 0. The highest BCUT2D eigenvalue weighted by Crippen LogP contribution is 2.85. The molecule has 0 spiro atoms. The number of fused-ring (bicyclic) bond motifs is 3. The lowest BCUT2D eigenvalue weighted by Gasteiger charge is -2.57. The van der Waals surface area contributed by atoms with Gasteiger partial charge in [-0.2, -0.15) is 0 Å². The van der Waals surface area contributed by atoms with Crippen molar-refractivity contribution in [3.8, 4) is 0 Å². The summed E-state index contributed by atoms with van der Waals surface area (Å²) in [4.78, 5) is 0. The molecule has 10 heteroatoms. The van der Waals surface area contributed by atoms with Crippen molar-refractivity contribution >= 4 is 34.8 Å². The summed E-state index contributed by atoms with van der Waals surface area (Å²) in [6.07, 6.45) is 0. The molecule has 0 aromatic carbocycles. The van der Waals surface area contributed by atoms with E-state index in [0.717, 1.165) is 0 Å². The van der Waals surface area contributed by atoms with E-state index < -0.39 is 50.2 Å². The van der Waals surface area contributed by atoms with Gasteiger partial charge in [0, 0.05) is 0 Å². The topological polar surface area (TPSA) is 0 Å². The lowest BCUT2D eigenvalue weighted by atomic mass is 9.59. The Morgan fingerprint density at radius 3 is 1.79 bits per heavy atom. The van der Waals surface area contributed by atoms with Gasteiger partial charge >= 0.3 is 0 Å². The van der Waals surface area contributed by atoms with Crippen LogP contribution in [0.15, 0.2) is 11.7 Å². The summed E-state index contributed by atoms with van der Waals surface area (Å²) in [7, 11) is 0. The van der Waals surface area contributed by atoms with E-state index in [1.807, 2.05) is 0 Å². The van der Waals surface area contributed by atoms with Crippen LogP contribution in [0.25, 0.3) is 0 Å². The Kier molecular flexibility index (Phi) is 2.22. The van der Waals surface area contributed by atoms with Gasteiger partial charge in [0.25, 0.3) is 10.8 Å². The van der Waals surface area contributed by atoms with Crippen LogP contribution >= 0.6 is 34.8 Å². The average molecular weight is 349 g/mol. The smallest absolute Gasteiger partial charge is 0.234 e. The van der Waals surface area contributed by atoms with E-state index in [1.165, 1.54) is 0 Å². The molecule has 0 aliphatic heterocycles. The fourth-order valence-corrected chi connectivity index (χ4v) is 4.27. The second-order valence-electron chi connectivity index (χ2n) is 4.75. The zero-order chi connectivity index (χ0) is 14.8. The Balaban J connectivity index is 2.35. The highest BCUT2D eigenvalue weighted by molar-refractivity contribution is 6.35. The summed E-state index contributed by atoms with van der Waals surface area (Å²) in [6, 6.07) is 0. The fraction of sp³-hybridized carbons (Fsp3) is 0.778. The molecule has 0 saturated heterocycles. The molecule has 3 aliphatic rings. The molecule has 0 bridgehead atoms. The van der Waals surface area contributed by atoms with E-state index in [0.29, 0.717) is 0 Å². The van der Waals surface area contributed by atoms with Gasteiger partial charge in [-0.15, -0.1) is 23.2 Å². The summed E-state index contributed by atoms with van der Waals surface area (Å²) >= 11 is 15.2. The van der Waals surface area contributed by atoms with Crippen LogP contribution in [-0.4, -0.2) is 38.6 Å². The number of hydrogen-bond donors (Lipinski definition) is 0. The largest absolute Gasteiger partial charge is 0.268 e. The first kappa shape index (κ1) is 14.1. The van der Waals surface area contributed by atoms with Crippen molar-refractivity contribution in [2.45, 2.75) is 38.6 Å². The summed E-state index contributed by atoms with van der Waals surface area (Å²) < 4.78 is 97.1. The number of rotatable bonds is 0. The molecule has 0 radical (unpaired) electrons. The Labute approximate surface area is 116 Å². The Morgan fingerprint density at radius 2 is 1.32 bits per heavy atom. The van der Waals surface area contributed by atoms with Crippen LogP contribution in [0.4, 0.5) is 30.7 Å². The summed E-state index contributed by atoms with van der Waals surface area (Å²) in [5, 5.41) is -8.88. The van der Waals surface area contributed by atoms with Gasteiger partial charge in [0.1, 0.15) is 0 Å². The SMILES string of the molecule is FC1=C(F)[C@@]2(F)[C@H](Cl)[C@@H](Cl)[C@@]2(F)[C@]2(F)[C@@](F)(Cl)[C@]12F. The van der Waals surface area contributed by atoms with Gasteiger partial charge in [-0.05, 0) is 0 Å². The standard InChI is InChI=1S/C9H2Cl3F7/c10-1-2(11)6(16)5(1,15)3(13)4(14)7(17)8(6,18)9(7,12)19/h1-2H/t1-,2-,5+,6+,7+,8-,9-/m1/s1. The zero-order valence-corrected chi connectivity index (χ0v) is 10.7. The van der Waals surface area contributed by atoms with E-state index in [4.69, 9.17) is 34.8 Å². The van der Waals surface area contributed by atoms with Crippen molar-refractivity contribution in [1.82, 2.24) is 0 Å². The molecule has 108 valence electrons. The molecule has 7 atom stereocenters. The predicted octanol–water partition coefficient (Wildman–Crippen LogP) is 4.13. The van der Waals surface area contributed by atoms with Gasteiger partial charge in [-0.25, -0.2) is 30.7 Å². The molecule has 3 rings (SSSR count). The van der Waals surface area contributed by atoms with Gasteiger partial charge < -0.3 is 0 Å². The van der Waals surface area contributed by atoms with Crippen LogP contribution < -0.4 is 0 Å². The van der Waals surface area contributed by atoms with Gasteiger partial charge in [0.15, 0.2) is 11.7 Å². The first-order valence-electron chi connectivity index (χ1n) is 4.86. The normalized spacial score (nSPS) is 67.3. The molecular weight excluding hydrogens is 347 g/mol. The van der Waals surface area contributed by atoms with Crippen LogP contribution in [0, 0.1) is 0 Å². The lowest BCUT2D eigenvalue weighted by Crippen LogP contribution is -2.81. The van der Waals surface area contributed by atoms with Crippen LogP contribution in [0.2, 0.25) is 0 Å². The fourth-order valence-electron chi connectivity index (χ4n) is 2.93. The van der Waals surface area contributed by atoms with Gasteiger partial charge in [-0.3, -0.25) is 0 Å². The maximum Gasteiger partial charge on any atom is 0.268 e. The molecule has 19 heavy (non-hydrogen) atoms. The molecule has 0 aromatic rings. The molecule has 2 saturated carbocycles. The van der Waals surface area contributed by atoms with Crippen molar-refractivity contribution in [1.29, 1.82) is 0 Å². The van der Waals surface area contributed by atoms with Crippen molar-refractivity contribution in [2.75, 3.05) is 0 Å². The third-order valence-corrected chi connectivity index (χ3v) is 5.90. The third-order valence-electron chi connectivity index (χ3n) is 4.14. The lowest BCUT2D eigenvalue weighted by molar-refractivity contribution is -0.181. The Hall–Kier alpha value is 0.120. The van der Waals surface area contributed by atoms with Crippen LogP contribution in [-0.2, 0) is 0 Å². The minimum atomic E-state index is -4.50. The number of allylic oxidation sites excluding steroid dienone is 2. The molecule has 0 nitrogen and oxygen atoms in total. The zero-order valence-electron chi connectivity index (χ0n) is 8.43. The minimum absolute atomic E-state index is 2.24. The van der Waals surface area contributed by atoms with Crippen molar-refractivity contribution in [2.24, 2.45) is 0 Å². The van der Waals surface area contributed by atoms with Gasteiger partial charge in [-0.1, -0.05) is 11.6 Å². The maximum absolute atomic E-state index is 14.4. The third kappa shape index (κ3) is 0.834. The van der Waals surface area contributed by atoms with Gasteiger partial charge in [0.05, 0.1) is 10.8 Å². The van der Waals surface area contributed by atoms with Crippen molar-refractivity contribution in [3.05, 3.63) is 11.7 Å². The molecule has 0 N–H and O–H groups in total. The van der Waals surface area contributed by atoms with E-state index in [-0.39, 0.29) is 0 Å². The molecular formula is C9H2Cl3F7. The Bertz CT molecular complexity index is 538. The van der Waals surface area contributed by atoms with E-state index in [2.05, 4.69) is 0 Å².